The van der Waals surface area contributed by atoms with E-state index in [1.807, 2.05) is 0 Å². The molecular weight excluding hydrogens is 206 g/mol. The Labute approximate surface area is 92.0 Å². The van der Waals surface area contributed by atoms with Crippen molar-refractivity contribution < 1.29 is 9.53 Å². The second kappa shape index (κ2) is 4.39. The monoisotopic (exact) mass is 215 g/mol. The molecule has 80 valence electrons. The van der Waals surface area contributed by atoms with Crippen molar-refractivity contribution in [1.29, 1.82) is 0 Å². The maximum absolute atomic E-state index is 10.9. The van der Waals surface area contributed by atoms with Gasteiger partial charge in [0.25, 0.3) is 0 Å². The van der Waals surface area contributed by atoms with Crippen LogP contribution in [-0.2, 0) is 4.79 Å². The van der Waals surface area contributed by atoms with Crippen LogP contribution in [0.2, 0.25) is 0 Å². The summed E-state index contributed by atoms with van der Waals surface area (Å²) in [7, 11) is 0. The van der Waals surface area contributed by atoms with E-state index in [1.165, 1.54) is 6.20 Å². The van der Waals surface area contributed by atoms with Gasteiger partial charge in [-0.2, -0.15) is 5.10 Å². The molecule has 0 aliphatic carbocycles. The van der Waals surface area contributed by atoms with E-state index < -0.39 is 5.97 Å². The molecule has 2 heterocycles. The van der Waals surface area contributed by atoms with Crippen molar-refractivity contribution in [1.82, 2.24) is 14.8 Å². The molecule has 5 nitrogen and oxygen atoms in total. The third-order valence-corrected chi connectivity index (χ3v) is 1.84. The highest BCUT2D eigenvalue weighted by Gasteiger charge is 2.01. The van der Waals surface area contributed by atoms with E-state index >= 15 is 0 Å². The van der Waals surface area contributed by atoms with Crippen molar-refractivity contribution in [3.8, 4) is 11.6 Å². The zero-order valence-electron chi connectivity index (χ0n) is 8.41. The first-order valence-electron chi connectivity index (χ1n) is 4.60. The van der Waals surface area contributed by atoms with Gasteiger partial charge in [-0.3, -0.25) is 0 Å². The van der Waals surface area contributed by atoms with E-state index in [-0.39, 0.29) is 0 Å². The minimum absolute atomic E-state index is 0.376. The van der Waals surface area contributed by atoms with E-state index in [1.54, 1.807) is 35.3 Å². The molecule has 0 bridgehead atoms. The Balaban J connectivity index is 2.17. The van der Waals surface area contributed by atoms with Gasteiger partial charge in [-0.1, -0.05) is 6.58 Å². The number of esters is 1. The molecule has 0 saturated carbocycles. The summed E-state index contributed by atoms with van der Waals surface area (Å²) < 4.78 is 6.50. The second-order valence-electron chi connectivity index (χ2n) is 2.93. The van der Waals surface area contributed by atoms with Crippen LogP contribution in [0.3, 0.4) is 0 Å². The van der Waals surface area contributed by atoms with Crippen molar-refractivity contribution in [2.75, 3.05) is 0 Å². The average molecular weight is 215 g/mol. The minimum Gasteiger partial charge on any atom is -0.422 e. The molecule has 0 radical (unpaired) electrons. The summed E-state index contributed by atoms with van der Waals surface area (Å²) in [6.07, 6.45) is 5.99. The van der Waals surface area contributed by atoms with E-state index in [4.69, 9.17) is 4.74 Å². The maximum atomic E-state index is 10.9. The van der Waals surface area contributed by atoms with Crippen LogP contribution in [-0.4, -0.2) is 20.7 Å². The number of pyridine rings is 1. The Bertz CT molecular complexity index is 488. The van der Waals surface area contributed by atoms with Gasteiger partial charge in [-0.15, -0.1) is 0 Å². The molecular formula is C11H9N3O2. The Hall–Kier alpha value is -2.43. The Kier molecular flexibility index (Phi) is 2.77. The van der Waals surface area contributed by atoms with Gasteiger partial charge in [-0.05, 0) is 18.2 Å². The fourth-order valence-electron chi connectivity index (χ4n) is 1.13. The van der Waals surface area contributed by atoms with Crippen molar-refractivity contribution in [3.05, 3.63) is 49.4 Å². The molecule has 0 fully saturated rings. The molecule has 2 aromatic heterocycles. The summed E-state index contributed by atoms with van der Waals surface area (Å²) in [5.74, 6) is 0.526. The van der Waals surface area contributed by atoms with Crippen LogP contribution in [0.1, 0.15) is 0 Å². The lowest BCUT2D eigenvalue weighted by Crippen LogP contribution is -2.04. The van der Waals surface area contributed by atoms with Crippen LogP contribution in [0.5, 0.6) is 5.75 Å². The first-order chi connectivity index (χ1) is 7.79. The molecule has 0 aromatic carbocycles. The summed E-state index contributed by atoms with van der Waals surface area (Å²) in [5.41, 5.74) is 0. The van der Waals surface area contributed by atoms with Crippen molar-refractivity contribution in [2.24, 2.45) is 0 Å². The molecule has 0 unspecified atom stereocenters. The highest BCUT2D eigenvalue weighted by Crippen LogP contribution is 2.11. The zero-order valence-corrected chi connectivity index (χ0v) is 8.41. The van der Waals surface area contributed by atoms with Crippen LogP contribution in [0.25, 0.3) is 5.82 Å². The summed E-state index contributed by atoms with van der Waals surface area (Å²) in [4.78, 5) is 15.0. The Morgan fingerprint density at radius 2 is 2.38 bits per heavy atom. The maximum Gasteiger partial charge on any atom is 0.335 e. The topological polar surface area (TPSA) is 57.0 Å². The predicted molar refractivity (Wildman–Crippen MR) is 57.2 cm³/mol. The van der Waals surface area contributed by atoms with E-state index in [9.17, 15) is 4.79 Å². The summed E-state index contributed by atoms with van der Waals surface area (Å²) >= 11 is 0. The lowest BCUT2D eigenvalue weighted by molar-refractivity contribution is -0.128. The van der Waals surface area contributed by atoms with Crippen LogP contribution < -0.4 is 4.74 Å². The van der Waals surface area contributed by atoms with Gasteiger partial charge in [0.2, 0.25) is 0 Å². The standard InChI is InChI=1S/C11H9N3O2/c1-2-11(15)16-9-4-5-10(12-8-9)14-7-3-6-13-14/h2-8H,1H2. The lowest BCUT2D eigenvalue weighted by Gasteiger charge is -2.02. The quantitative estimate of drug-likeness (QED) is 0.573. The Morgan fingerprint density at radius 3 is 2.94 bits per heavy atom. The van der Waals surface area contributed by atoms with Crippen molar-refractivity contribution in [2.45, 2.75) is 0 Å². The normalized spacial score (nSPS) is 9.75. The van der Waals surface area contributed by atoms with Gasteiger partial charge in [0.15, 0.2) is 5.82 Å². The van der Waals surface area contributed by atoms with E-state index in [0.717, 1.165) is 6.08 Å². The first kappa shape index (κ1) is 10.1. The number of hydrogen-bond donors (Lipinski definition) is 0. The van der Waals surface area contributed by atoms with Gasteiger partial charge in [0.05, 0.1) is 6.20 Å². The minimum atomic E-state index is -0.506. The molecule has 0 aliphatic heterocycles. The summed E-state index contributed by atoms with van der Waals surface area (Å²) in [6.45, 7) is 3.31. The number of nitrogens with zero attached hydrogens (tertiary/aromatic N) is 3. The predicted octanol–water partition coefficient (Wildman–Crippen LogP) is 1.36. The molecule has 2 rings (SSSR count). The summed E-state index contributed by atoms with van der Waals surface area (Å²) in [6, 6.07) is 5.15. The number of rotatable bonds is 3. The van der Waals surface area contributed by atoms with Gasteiger partial charge >= 0.3 is 5.97 Å². The molecule has 0 spiro atoms. The Morgan fingerprint density at radius 1 is 1.50 bits per heavy atom. The highest BCUT2D eigenvalue weighted by atomic mass is 16.5. The number of carbonyl (C=O) groups excluding carboxylic acids is 1. The van der Waals surface area contributed by atoms with Crippen LogP contribution in [0.4, 0.5) is 0 Å². The van der Waals surface area contributed by atoms with E-state index in [2.05, 4.69) is 16.7 Å². The van der Waals surface area contributed by atoms with Gasteiger partial charge in [0, 0.05) is 18.5 Å². The van der Waals surface area contributed by atoms with Crippen LogP contribution >= 0.6 is 0 Å². The molecule has 0 N–H and O–H groups in total. The molecule has 16 heavy (non-hydrogen) atoms. The number of aromatic nitrogens is 3. The van der Waals surface area contributed by atoms with Crippen molar-refractivity contribution >= 4 is 5.97 Å². The largest absolute Gasteiger partial charge is 0.422 e. The lowest BCUT2D eigenvalue weighted by atomic mass is 10.4. The third kappa shape index (κ3) is 2.14. The summed E-state index contributed by atoms with van der Waals surface area (Å²) in [5, 5.41) is 4.02. The fourth-order valence-corrected chi connectivity index (χ4v) is 1.13. The molecule has 5 heteroatoms. The van der Waals surface area contributed by atoms with Gasteiger partial charge in [-0.25, -0.2) is 14.5 Å². The number of ether oxygens (including phenoxy) is 1. The zero-order chi connectivity index (χ0) is 11.4. The fraction of sp³-hybridized carbons (Fsp3) is 0. The van der Waals surface area contributed by atoms with Crippen LogP contribution in [0.15, 0.2) is 49.4 Å². The smallest absolute Gasteiger partial charge is 0.335 e. The number of carbonyl (C=O) groups is 1. The van der Waals surface area contributed by atoms with Gasteiger partial charge < -0.3 is 4.74 Å². The SMILES string of the molecule is C=CC(=O)Oc1ccc(-n2cccn2)nc1. The molecule has 0 aliphatic rings. The average Bonchev–Trinajstić information content (AvgIpc) is 2.83. The van der Waals surface area contributed by atoms with Gasteiger partial charge in [0.1, 0.15) is 5.75 Å². The highest BCUT2D eigenvalue weighted by molar-refractivity contribution is 5.83. The van der Waals surface area contributed by atoms with Crippen molar-refractivity contribution in [3.63, 3.8) is 0 Å². The van der Waals surface area contributed by atoms with Crippen LogP contribution in [0, 0.1) is 0 Å². The van der Waals surface area contributed by atoms with E-state index in [0.29, 0.717) is 11.6 Å². The number of hydrogen-bond acceptors (Lipinski definition) is 4. The molecule has 0 saturated heterocycles. The molecule has 0 atom stereocenters. The molecule has 2 aromatic rings. The second-order valence-corrected chi connectivity index (χ2v) is 2.93. The molecule has 0 amide bonds. The third-order valence-electron chi connectivity index (χ3n) is 1.84. The first-order valence-corrected chi connectivity index (χ1v) is 4.60.